The summed E-state index contributed by atoms with van der Waals surface area (Å²) >= 11 is 1.56. The Hall–Kier alpha value is -2.14. The van der Waals surface area contributed by atoms with E-state index in [1.807, 2.05) is 43.5 Å². The Bertz CT molecular complexity index is 603. The molecular weight excluding hydrogens is 272 g/mol. The number of carbonyl (C=O) groups is 1. The third-order valence-electron chi connectivity index (χ3n) is 2.48. The molecule has 0 aliphatic carbocycles. The van der Waals surface area contributed by atoms with Crippen molar-refractivity contribution in [1.29, 1.82) is 0 Å². The van der Waals surface area contributed by atoms with E-state index >= 15 is 0 Å². The smallest absolute Gasteiger partial charge is 0.248 e. The minimum absolute atomic E-state index is 0.181. The van der Waals surface area contributed by atoms with Crippen molar-refractivity contribution in [2.24, 2.45) is 0 Å². The van der Waals surface area contributed by atoms with E-state index in [2.05, 4.69) is 10.3 Å². The molecule has 1 aromatic carbocycles. The van der Waals surface area contributed by atoms with Gasteiger partial charge in [0.1, 0.15) is 5.75 Å². The number of anilines is 1. The Labute approximate surface area is 122 Å². The molecule has 0 atom stereocenters. The fourth-order valence-corrected chi connectivity index (χ4v) is 2.18. The van der Waals surface area contributed by atoms with Crippen molar-refractivity contribution in [3.63, 3.8) is 0 Å². The molecule has 5 heteroatoms. The van der Waals surface area contributed by atoms with E-state index in [1.54, 1.807) is 17.4 Å². The SMILES string of the molecule is CCOc1ccc(NC(=O)/C=C/c2csc(C)n2)cc1. The van der Waals surface area contributed by atoms with Gasteiger partial charge < -0.3 is 10.1 Å². The molecule has 1 N–H and O–H groups in total. The number of benzene rings is 1. The molecule has 0 saturated heterocycles. The number of thiazole rings is 1. The molecule has 0 aliphatic heterocycles. The molecule has 0 fully saturated rings. The third kappa shape index (κ3) is 4.20. The molecule has 20 heavy (non-hydrogen) atoms. The predicted octanol–water partition coefficient (Wildman–Crippen LogP) is 3.50. The van der Waals surface area contributed by atoms with Crippen molar-refractivity contribution in [2.45, 2.75) is 13.8 Å². The van der Waals surface area contributed by atoms with Crippen molar-refractivity contribution in [2.75, 3.05) is 11.9 Å². The molecule has 0 bridgehead atoms. The Balaban J connectivity index is 1.92. The van der Waals surface area contributed by atoms with Gasteiger partial charge in [0.05, 0.1) is 17.3 Å². The number of hydrogen-bond donors (Lipinski definition) is 1. The molecule has 1 heterocycles. The van der Waals surface area contributed by atoms with Gasteiger partial charge >= 0.3 is 0 Å². The van der Waals surface area contributed by atoms with Crippen molar-refractivity contribution < 1.29 is 9.53 Å². The molecule has 1 amide bonds. The van der Waals surface area contributed by atoms with Crippen LogP contribution in [0.5, 0.6) is 5.75 Å². The zero-order valence-electron chi connectivity index (χ0n) is 11.4. The van der Waals surface area contributed by atoms with Crippen LogP contribution in [0.15, 0.2) is 35.7 Å². The first-order valence-electron chi connectivity index (χ1n) is 6.31. The van der Waals surface area contributed by atoms with Crippen LogP contribution in [0.25, 0.3) is 6.08 Å². The molecule has 0 radical (unpaired) electrons. The lowest BCUT2D eigenvalue weighted by Crippen LogP contribution is -2.07. The first-order chi connectivity index (χ1) is 9.67. The Morgan fingerprint density at radius 3 is 2.75 bits per heavy atom. The van der Waals surface area contributed by atoms with E-state index in [4.69, 9.17) is 4.74 Å². The van der Waals surface area contributed by atoms with Crippen molar-refractivity contribution in [1.82, 2.24) is 4.98 Å². The summed E-state index contributed by atoms with van der Waals surface area (Å²) in [6.45, 7) is 4.49. The lowest BCUT2D eigenvalue weighted by Gasteiger charge is -2.05. The zero-order chi connectivity index (χ0) is 14.4. The van der Waals surface area contributed by atoms with E-state index in [9.17, 15) is 4.79 Å². The van der Waals surface area contributed by atoms with Gasteiger partial charge in [-0.3, -0.25) is 4.79 Å². The van der Waals surface area contributed by atoms with Crippen LogP contribution in [0, 0.1) is 6.92 Å². The van der Waals surface area contributed by atoms with Gasteiger partial charge in [-0.1, -0.05) is 0 Å². The lowest BCUT2D eigenvalue weighted by atomic mass is 10.3. The highest BCUT2D eigenvalue weighted by Crippen LogP contribution is 2.15. The second kappa shape index (κ2) is 6.86. The second-order valence-electron chi connectivity index (χ2n) is 4.07. The quantitative estimate of drug-likeness (QED) is 0.857. The minimum atomic E-state index is -0.181. The minimum Gasteiger partial charge on any atom is -0.494 e. The number of hydrogen-bond acceptors (Lipinski definition) is 4. The summed E-state index contributed by atoms with van der Waals surface area (Å²) in [6, 6.07) is 7.27. The molecule has 0 saturated carbocycles. The number of amides is 1. The van der Waals surface area contributed by atoms with Gasteiger partial charge in [-0.2, -0.15) is 0 Å². The van der Waals surface area contributed by atoms with Crippen LogP contribution in [-0.2, 0) is 4.79 Å². The number of ether oxygens (including phenoxy) is 1. The summed E-state index contributed by atoms with van der Waals surface area (Å²) in [7, 11) is 0. The van der Waals surface area contributed by atoms with Crippen LogP contribution in [-0.4, -0.2) is 17.5 Å². The van der Waals surface area contributed by atoms with Crippen LogP contribution >= 0.6 is 11.3 Å². The van der Waals surface area contributed by atoms with Crippen molar-refractivity contribution in [3.05, 3.63) is 46.4 Å². The molecule has 104 valence electrons. The summed E-state index contributed by atoms with van der Waals surface area (Å²) in [6.07, 6.45) is 3.18. The number of rotatable bonds is 5. The Kier molecular flexibility index (Phi) is 4.90. The first kappa shape index (κ1) is 14.3. The number of nitrogens with zero attached hydrogens (tertiary/aromatic N) is 1. The van der Waals surface area contributed by atoms with Crippen LogP contribution in [0.1, 0.15) is 17.6 Å². The van der Waals surface area contributed by atoms with Gasteiger partial charge in [-0.25, -0.2) is 4.98 Å². The largest absolute Gasteiger partial charge is 0.494 e. The fourth-order valence-electron chi connectivity index (χ4n) is 1.60. The average Bonchev–Trinajstić information content (AvgIpc) is 2.85. The summed E-state index contributed by atoms with van der Waals surface area (Å²) in [4.78, 5) is 16.0. The van der Waals surface area contributed by atoms with Crippen molar-refractivity contribution in [3.8, 4) is 5.75 Å². The maximum absolute atomic E-state index is 11.7. The van der Waals surface area contributed by atoms with Gasteiger partial charge in [0.15, 0.2) is 0 Å². The van der Waals surface area contributed by atoms with Crippen molar-refractivity contribution >= 4 is 29.0 Å². The number of nitrogens with one attached hydrogen (secondary N) is 1. The van der Waals surface area contributed by atoms with Gasteiger partial charge in [-0.05, 0) is 44.2 Å². The monoisotopic (exact) mass is 288 g/mol. The van der Waals surface area contributed by atoms with E-state index in [1.165, 1.54) is 6.08 Å². The summed E-state index contributed by atoms with van der Waals surface area (Å²) in [5.74, 6) is 0.610. The van der Waals surface area contributed by atoms with Gasteiger partial charge in [0.2, 0.25) is 5.91 Å². The maximum Gasteiger partial charge on any atom is 0.248 e. The van der Waals surface area contributed by atoms with Crippen LogP contribution in [0.3, 0.4) is 0 Å². The van der Waals surface area contributed by atoms with Gasteiger partial charge in [0, 0.05) is 17.1 Å². The summed E-state index contributed by atoms with van der Waals surface area (Å²) in [5, 5.41) is 5.68. The summed E-state index contributed by atoms with van der Waals surface area (Å²) < 4.78 is 5.34. The predicted molar refractivity (Wildman–Crippen MR) is 82.1 cm³/mol. The van der Waals surface area contributed by atoms with Crippen LogP contribution in [0.4, 0.5) is 5.69 Å². The van der Waals surface area contributed by atoms with E-state index in [0.717, 1.165) is 22.1 Å². The molecule has 4 nitrogen and oxygen atoms in total. The fraction of sp³-hybridized carbons (Fsp3) is 0.200. The Morgan fingerprint density at radius 2 is 2.15 bits per heavy atom. The standard InChI is InChI=1S/C15H16N2O2S/c1-3-19-14-7-4-12(5-8-14)17-15(18)9-6-13-10-20-11(2)16-13/h4-10H,3H2,1-2H3,(H,17,18)/b9-6+. The molecular formula is C15H16N2O2S. The second-order valence-corrected chi connectivity index (χ2v) is 5.13. The lowest BCUT2D eigenvalue weighted by molar-refractivity contribution is -0.111. The van der Waals surface area contributed by atoms with Gasteiger partial charge in [0.25, 0.3) is 0 Å². The third-order valence-corrected chi connectivity index (χ3v) is 3.27. The molecule has 0 spiro atoms. The Morgan fingerprint density at radius 1 is 1.40 bits per heavy atom. The summed E-state index contributed by atoms with van der Waals surface area (Å²) in [5.41, 5.74) is 1.53. The zero-order valence-corrected chi connectivity index (χ0v) is 12.2. The van der Waals surface area contributed by atoms with E-state index in [0.29, 0.717) is 6.61 Å². The van der Waals surface area contributed by atoms with E-state index in [-0.39, 0.29) is 5.91 Å². The highest BCUT2D eigenvalue weighted by atomic mass is 32.1. The number of aryl methyl sites for hydroxylation is 1. The number of aromatic nitrogens is 1. The highest BCUT2D eigenvalue weighted by molar-refractivity contribution is 7.09. The normalized spacial score (nSPS) is 10.7. The molecule has 0 unspecified atom stereocenters. The number of carbonyl (C=O) groups excluding carboxylic acids is 1. The van der Waals surface area contributed by atoms with Gasteiger partial charge in [-0.15, -0.1) is 11.3 Å². The topological polar surface area (TPSA) is 51.2 Å². The first-order valence-corrected chi connectivity index (χ1v) is 7.19. The molecule has 2 aromatic rings. The highest BCUT2D eigenvalue weighted by Gasteiger charge is 1.99. The van der Waals surface area contributed by atoms with Crippen LogP contribution < -0.4 is 10.1 Å². The molecule has 0 aliphatic rings. The maximum atomic E-state index is 11.7. The van der Waals surface area contributed by atoms with E-state index < -0.39 is 0 Å². The molecule has 1 aromatic heterocycles. The average molecular weight is 288 g/mol. The van der Waals surface area contributed by atoms with Crippen LogP contribution in [0.2, 0.25) is 0 Å². The molecule has 2 rings (SSSR count).